The first-order valence-electron chi connectivity index (χ1n) is 18.6. The predicted octanol–water partition coefficient (Wildman–Crippen LogP) is 6.08. The first kappa shape index (κ1) is 41.6. The molecule has 1 aromatic rings. The number of unbranched alkanes of at least 4 members (excludes halogenated alkanes) is 13. The van der Waals surface area contributed by atoms with E-state index >= 15 is 0 Å². The number of carboxylic acid groups (broad SMARTS) is 2. The topological polar surface area (TPSA) is 187 Å². The second-order valence-electron chi connectivity index (χ2n) is 14.4. The van der Waals surface area contributed by atoms with Crippen LogP contribution in [0.1, 0.15) is 122 Å². The largest absolute Gasteiger partial charge is 0.479 e. The fraction of sp³-hybridized carbons (Fsp3) is 0.718. The Hall–Kier alpha value is -2.85. The van der Waals surface area contributed by atoms with Gasteiger partial charge in [-0.25, -0.2) is 9.59 Å². The quantitative estimate of drug-likeness (QED) is 0.0588. The fourth-order valence-electron chi connectivity index (χ4n) is 7.50. The van der Waals surface area contributed by atoms with Crippen LogP contribution in [0.15, 0.2) is 42.5 Å². The number of aliphatic carboxylic acids is 2. The summed E-state index contributed by atoms with van der Waals surface area (Å²) >= 11 is 0. The number of hydrogen-bond donors (Lipinski definition) is 5. The van der Waals surface area contributed by atoms with E-state index in [0.717, 1.165) is 37.7 Å². The number of fused-ring (bicyclic) bond motifs is 2. The predicted molar refractivity (Wildman–Crippen MR) is 187 cm³/mol. The van der Waals surface area contributed by atoms with E-state index in [4.69, 9.17) is 14.2 Å². The number of aliphatic hydroxyl groups excluding tert-OH is 2. The molecule has 0 aliphatic carbocycles. The second kappa shape index (κ2) is 19.7. The summed E-state index contributed by atoms with van der Waals surface area (Å²) in [6.07, 6.45) is 9.37. The van der Waals surface area contributed by atoms with E-state index in [1.165, 1.54) is 63.9 Å². The molecule has 0 amide bonds. The number of rotatable bonds is 25. The Labute approximate surface area is 297 Å². The minimum absolute atomic E-state index is 0.0130. The maximum Gasteiger partial charge on any atom is 0.343 e. The van der Waals surface area contributed by atoms with Crippen molar-refractivity contribution in [2.75, 3.05) is 6.61 Å². The Morgan fingerprint density at radius 2 is 1.42 bits per heavy atom. The molecule has 0 aromatic heterocycles. The molecule has 1 aromatic carbocycles. The molecular weight excluding hydrogens is 642 g/mol. The van der Waals surface area contributed by atoms with E-state index in [0.29, 0.717) is 18.4 Å². The first-order chi connectivity index (χ1) is 23.9. The molecule has 8 atom stereocenters. The van der Waals surface area contributed by atoms with Crippen molar-refractivity contribution in [3.63, 3.8) is 0 Å². The van der Waals surface area contributed by atoms with Crippen LogP contribution in [-0.4, -0.2) is 85.5 Å². The summed E-state index contributed by atoms with van der Waals surface area (Å²) in [7, 11) is 0. The van der Waals surface area contributed by atoms with Crippen molar-refractivity contribution < 1.29 is 49.3 Å². The summed E-state index contributed by atoms with van der Waals surface area (Å²) in [4.78, 5) is 24.9. The molecule has 0 radical (unpaired) electrons. The van der Waals surface area contributed by atoms with Gasteiger partial charge in [-0.1, -0.05) is 140 Å². The van der Waals surface area contributed by atoms with Crippen LogP contribution in [0.4, 0.5) is 0 Å². The highest BCUT2D eigenvalue weighted by molar-refractivity contribution is 5.93. The van der Waals surface area contributed by atoms with Crippen molar-refractivity contribution >= 4 is 11.9 Å². The molecule has 0 saturated carbocycles. The molecule has 8 unspecified atom stereocenters. The minimum atomic E-state index is -3.55. The summed E-state index contributed by atoms with van der Waals surface area (Å²) in [5.74, 6) is -6.57. The third-order valence-corrected chi connectivity index (χ3v) is 10.3. The highest BCUT2D eigenvalue weighted by atomic mass is 16.8. The summed E-state index contributed by atoms with van der Waals surface area (Å²) < 4.78 is 17.7. The van der Waals surface area contributed by atoms with Crippen LogP contribution in [0.3, 0.4) is 0 Å². The lowest BCUT2D eigenvalue weighted by Gasteiger charge is -2.49. The van der Waals surface area contributed by atoms with Gasteiger partial charge in [-0.3, -0.25) is 0 Å². The van der Waals surface area contributed by atoms with Gasteiger partial charge in [-0.05, 0) is 37.2 Å². The summed E-state index contributed by atoms with van der Waals surface area (Å²) in [5, 5.41) is 63.7. The third-order valence-electron chi connectivity index (χ3n) is 10.3. The summed E-state index contributed by atoms with van der Waals surface area (Å²) in [5.41, 5.74) is -5.08. The minimum Gasteiger partial charge on any atom is -0.479 e. The molecule has 2 heterocycles. The number of carboxylic acids is 2. The molecule has 50 heavy (non-hydrogen) atoms. The standard InChI is InChI=1S/C39H59NO10/c1-4-5-6-7-8-9-10-11-12-13-14-15-16-20-23-48-31(26-29(3)24-28(2)25-30-21-18-17-19-22-30)39-34(42)33(41)38(50-39,36(45)46)37(47,35(43)44)32(27-40)49-39/h17-19,21-22,28,31-34,41-42,47H,3-16,20,23-26H2,1-2H3,(H,43,44)(H,45,46). The van der Waals surface area contributed by atoms with Gasteiger partial charge in [-0.2, -0.15) is 5.26 Å². The van der Waals surface area contributed by atoms with E-state index < -0.39 is 53.3 Å². The lowest BCUT2D eigenvalue weighted by molar-refractivity contribution is -0.393. The van der Waals surface area contributed by atoms with Crippen LogP contribution in [-0.2, 0) is 30.2 Å². The summed E-state index contributed by atoms with van der Waals surface area (Å²) in [6.45, 7) is 8.65. The van der Waals surface area contributed by atoms with E-state index in [9.17, 15) is 40.4 Å². The lowest BCUT2D eigenvalue weighted by atomic mass is 9.75. The number of benzene rings is 1. The number of nitrogens with zero attached hydrogens (tertiary/aromatic N) is 1. The zero-order chi connectivity index (χ0) is 36.8. The molecule has 2 bridgehead atoms. The SMILES string of the molecule is C=C(CC(C)Cc1ccccc1)CC(OCCCCCCCCCCCCCCCC)C12OC(C#N)C(O)(C(=O)O)C(C(=O)O)(O1)C(O)C2O. The van der Waals surface area contributed by atoms with Crippen LogP contribution >= 0.6 is 0 Å². The molecular formula is C39H59NO10. The Balaban J connectivity index is 1.66. The molecule has 2 aliphatic heterocycles. The van der Waals surface area contributed by atoms with Gasteiger partial charge in [0.2, 0.25) is 17.0 Å². The summed E-state index contributed by atoms with van der Waals surface area (Å²) in [6, 6.07) is 11.4. The van der Waals surface area contributed by atoms with Gasteiger partial charge in [0.1, 0.15) is 18.3 Å². The van der Waals surface area contributed by atoms with Crippen LogP contribution < -0.4 is 0 Å². The van der Waals surface area contributed by atoms with Gasteiger partial charge in [0, 0.05) is 6.61 Å². The number of aliphatic hydroxyl groups is 3. The molecule has 5 N–H and O–H groups in total. The zero-order valence-corrected chi connectivity index (χ0v) is 29.9. The number of hydrogen-bond acceptors (Lipinski definition) is 9. The van der Waals surface area contributed by atoms with Gasteiger partial charge in [0.15, 0.2) is 6.10 Å². The number of nitriles is 1. The monoisotopic (exact) mass is 701 g/mol. The van der Waals surface area contributed by atoms with Crippen LogP contribution in [0.5, 0.6) is 0 Å². The first-order valence-corrected chi connectivity index (χ1v) is 18.6. The van der Waals surface area contributed by atoms with E-state index in [-0.39, 0.29) is 18.9 Å². The second-order valence-corrected chi connectivity index (χ2v) is 14.4. The Bertz CT molecular complexity index is 1270. The van der Waals surface area contributed by atoms with Crippen molar-refractivity contribution in [3.8, 4) is 6.07 Å². The van der Waals surface area contributed by atoms with E-state index in [1.54, 1.807) is 0 Å². The van der Waals surface area contributed by atoms with Gasteiger partial charge >= 0.3 is 11.9 Å². The van der Waals surface area contributed by atoms with Crippen molar-refractivity contribution in [2.45, 2.75) is 164 Å². The highest BCUT2D eigenvalue weighted by Gasteiger charge is 2.85. The third kappa shape index (κ3) is 9.52. The maximum atomic E-state index is 12.6. The Kier molecular flexibility index (Phi) is 16.4. The van der Waals surface area contributed by atoms with E-state index in [2.05, 4.69) is 20.4 Å². The van der Waals surface area contributed by atoms with Crippen molar-refractivity contribution in [2.24, 2.45) is 5.92 Å². The lowest BCUT2D eigenvalue weighted by Crippen LogP contribution is -2.77. The zero-order valence-electron chi connectivity index (χ0n) is 29.9. The van der Waals surface area contributed by atoms with Gasteiger partial charge < -0.3 is 39.7 Å². The molecule has 2 fully saturated rings. The molecule has 11 heteroatoms. The van der Waals surface area contributed by atoms with Gasteiger partial charge in [0.05, 0.1) is 6.07 Å². The van der Waals surface area contributed by atoms with Gasteiger partial charge in [0.25, 0.3) is 0 Å². The molecule has 3 rings (SSSR count). The normalized spacial score (nSPS) is 28.5. The molecule has 11 nitrogen and oxygen atoms in total. The number of ether oxygens (including phenoxy) is 3. The fourth-order valence-corrected chi connectivity index (χ4v) is 7.50. The van der Waals surface area contributed by atoms with Gasteiger partial charge in [-0.15, -0.1) is 0 Å². The van der Waals surface area contributed by atoms with E-state index in [1.807, 2.05) is 30.3 Å². The Morgan fingerprint density at radius 1 is 0.880 bits per heavy atom. The molecule has 2 aliphatic rings. The molecule has 0 spiro atoms. The van der Waals surface area contributed by atoms with Crippen LogP contribution in [0.2, 0.25) is 0 Å². The smallest absolute Gasteiger partial charge is 0.343 e. The molecule has 2 saturated heterocycles. The Morgan fingerprint density at radius 3 is 1.92 bits per heavy atom. The van der Waals surface area contributed by atoms with Crippen molar-refractivity contribution in [1.29, 1.82) is 5.26 Å². The average molecular weight is 702 g/mol. The van der Waals surface area contributed by atoms with Crippen molar-refractivity contribution in [3.05, 3.63) is 48.0 Å². The van der Waals surface area contributed by atoms with Crippen LogP contribution in [0, 0.1) is 17.2 Å². The van der Waals surface area contributed by atoms with Crippen LogP contribution in [0.25, 0.3) is 0 Å². The average Bonchev–Trinajstić information content (AvgIpc) is 3.29. The van der Waals surface area contributed by atoms with Crippen molar-refractivity contribution in [1.82, 2.24) is 0 Å². The highest BCUT2D eigenvalue weighted by Crippen LogP contribution is 2.55. The maximum absolute atomic E-state index is 12.6. The number of carbonyl (C=O) groups is 2. The molecule has 280 valence electrons.